The lowest BCUT2D eigenvalue weighted by atomic mass is 9.98. The van der Waals surface area contributed by atoms with Gasteiger partial charge in [-0.2, -0.15) is 0 Å². The van der Waals surface area contributed by atoms with E-state index in [2.05, 4.69) is 0 Å². The lowest BCUT2D eigenvalue weighted by Crippen LogP contribution is -2.35. The molecule has 132 valence electrons. The smallest absolute Gasteiger partial charge is 0.263 e. The molecule has 5 heteroatoms. The summed E-state index contributed by atoms with van der Waals surface area (Å²) in [4.78, 5) is 27.1. The van der Waals surface area contributed by atoms with Gasteiger partial charge in [-0.1, -0.05) is 26.0 Å². The Morgan fingerprint density at radius 2 is 1.84 bits per heavy atom. The van der Waals surface area contributed by atoms with Crippen LogP contribution in [0.4, 0.5) is 4.39 Å². The summed E-state index contributed by atoms with van der Waals surface area (Å²) in [5.41, 5.74) is 1.90. The Morgan fingerprint density at radius 3 is 2.48 bits per heavy atom. The number of carbonyl (C=O) groups is 1. The Kier molecular flexibility index (Phi) is 4.75. The summed E-state index contributed by atoms with van der Waals surface area (Å²) in [6.07, 6.45) is 0.821. The zero-order valence-electron chi connectivity index (χ0n) is 14.8. The molecule has 2 heterocycles. The Hall–Kier alpha value is -2.43. The lowest BCUT2D eigenvalue weighted by molar-refractivity contribution is 0.0788. The summed E-state index contributed by atoms with van der Waals surface area (Å²) in [5, 5.41) is 0. The normalized spacial score (nSPS) is 17.3. The summed E-state index contributed by atoms with van der Waals surface area (Å²) >= 11 is 0. The Balaban J connectivity index is 1.80. The number of benzene rings is 1. The van der Waals surface area contributed by atoms with Crippen molar-refractivity contribution in [2.24, 2.45) is 7.05 Å². The Morgan fingerprint density at radius 1 is 1.16 bits per heavy atom. The number of carbonyl (C=O) groups excluding carboxylic acids is 1. The minimum atomic E-state index is -0.261. The number of aromatic nitrogens is 1. The van der Waals surface area contributed by atoms with Gasteiger partial charge in [-0.15, -0.1) is 0 Å². The lowest BCUT2D eigenvalue weighted by Gasteiger charge is -2.18. The van der Waals surface area contributed by atoms with E-state index in [1.807, 2.05) is 19.9 Å². The van der Waals surface area contributed by atoms with Crippen molar-refractivity contribution in [1.29, 1.82) is 0 Å². The highest BCUT2D eigenvalue weighted by Crippen LogP contribution is 2.28. The molecule has 0 saturated carbocycles. The highest BCUT2D eigenvalue weighted by atomic mass is 19.1. The van der Waals surface area contributed by atoms with Crippen molar-refractivity contribution in [2.75, 3.05) is 13.1 Å². The second-order valence-corrected chi connectivity index (χ2v) is 6.98. The number of hydrogen-bond donors (Lipinski definition) is 0. The molecule has 2 aromatic rings. The molecule has 1 aromatic carbocycles. The quantitative estimate of drug-likeness (QED) is 0.859. The van der Waals surface area contributed by atoms with Gasteiger partial charge < -0.3 is 9.47 Å². The second-order valence-electron chi connectivity index (χ2n) is 6.98. The van der Waals surface area contributed by atoms with Crippen molar-refractivity contribution in [1.82, 2.24) is 9.47 Å². The van der Waals surface area contributed by atoms with Crippen LogP contribution in [0.25, 0.3) is 0 Å². The van der Waals surface area contributed by atoms with Crippen LogP contribution in [0.2, 0.25) is 0 Å². The minimum absolute atomic E-state index is 0.184. The molecule has 3 rings (SSSR count). The van der Waals surface area contributed by atoms with Crippen LogP contribution in [0.5, 0.6) is 0 Å². The number of halogens is 1. The predicted octanol–water partition coefficient (Wildman–Crippen LogP) is 3.28. The molecule has 1 unspecified atom stereocenters. The highest BCUT2D eigenvalue weighted by Gasteiger charge is 2.29. The molecule has 1 atom stereocenters. The zero-order chi connectivity index (χ0) is 18.1. The van der Waals surface area contributed by atoms with Gasteiger partial charge in [0.1, 0.15) is 11.4 Å². The molecule has 0 aliphatic carbocycles. The molecule has 4 nitrogen and oxygen atoms in total. The maximum Gasteiger partial charge on any atom is 0.263 e. The molecule has 1 fully saturated rings. The summed E-state index contributed by atoms with van der Waals surface area (Å²) in [6, 6.07) is 9.92. The van der Waals surface area contributed by atoms with Crippen molar-refractivity contribution in [3.63, 3.8) is 0 Å². The number of pyridine rings is 1. The third-order valence-corrected chi connectivity index (χ3v) is 4.98. The minimum Gasteiger partial charge on any atom is -0.338 e. The van der Waals surface area contributed by atoms with Gasteiger partial charge in [0.2, 0.25) is 0 Å². The molecule has 1 aliphatic heterocycles. The SMILES string of the molecule is CC(C)c1ccc(C(=O)N2CCC(c3ccc(F)cc3)C2)c(=O)n1C. The van der Waals surface area contributed by atoms with Crippen LogP contribution < -0.4 is 5.56 Å². The van der Waals surface area contributed by atoms with Crippen molar-refractivity contribution in [2.45, 2.75) is 32.1 Å². The first-order valence-corrected chi connectivity index (χ1v) is 8.63. The highest BCUT2D eigenvalue weighted by molar-refractivity contribution is 5.94. The van der Waals surface area contributed by atoms with Crippen LogP contribution in [-0.4, -0.2) is 28.5 Å². The molecule has 0 N–H and O–H groups in total. The van der Waals surface area contributed by atoms with Crippen LogP contribution in [0.1, 0.15) is 53.7 Å². The molecular formula is C20H23FN2O2. The summed E-state index contributed by atoms with van der Waals surface area (Å²) in [7, 11) is 1.71. The second kappa shape index (κ2) is 6.82. The molecular weight excluding hydrogens is 319 g/mol. The maximum atomic E-state index is 13.1. The molecule has 1 saturated heterocycles. The molecule has 25 heavy (non-hydrogen) atoms. The van der Waals surface area contributed by atoms with Crippen molar-refractivity contribution < 1.29 is 9.18 Å². The Labute approximate surface area is 146 Å². The first kappa shape index (κ1) is 17.4. The van der Waals surface area contributed by atoms with Gasteiger partial charge in [0.25, 0.3) is 11.5 Å². The largest absolute Gasteiger partial charge is 0.338 e. The van der Waals surface area contributed by atoms with Gasteiger partial charge in [0, 0.05) is 31.7 Å². The van der Waals surface area contributed by atoms with Crippen LogP contribution in [-0.2, 0) is 7.05 Å². The van der Waals surface area contributed by atoms with E-state index in [9.17, 15) is 14.0 Å². The molecule has 1 amide bonds. The fraction of sp³-hybridized carbons (Fsp3) is 0.400. The van der Waals surface area contributed by atoms with E-state index in [0.717, 1.165) is 17.7 Å². The first-order chi connectivity index (χ1) is 11.9. The molecule has 1 aromatic heterocycles. The number of amides is 1. The van der Waals surface area contributed by atoms with E-state index >= 15 is 0 Å². The monoisotopic (exact) mass is 342 g/mol. The third-order valence-electron chi connectivity index (χ3n) is 4.98. The van der Waals surface area contributed by atoms with Gasteiger partial charge in [-0.3, -0.25) is 9.59 Å². The van der Waals surface area contributed by atoms with Gasteiger partial charge in [-0.25, -0.2) is 4.39 Å². The third kappa shape index (κ3) is 3.36. The van der Waals surface area contributed by atoms with Crippen molar-refractivity contribution in [3.05, 3.63) is 69.4 Å². The summed E-state index contributed by atoms with van der Waals surface area (Å²) in [5.74, 6) is -0.0798. The van der Waals surface area contributed by atoms with Gasteiger partial charge in [0.15, 0.2) is 0 Å². The van der Waals surface area contributed by atoms with E-state index in [0.29, 0.717) is 13.1 Å². The summed E-state index contributed by atoms with van der Waals surface area (Å²) in [6.45, 7) is 5.20. The molecule has 0 radical (unpaired) electrons. The van der Waals surface area contributed by atoms with E-state index in [-0.39, 0.29) is 34.7 Å². The average molecular weight is 342 g/mol. The van der Waals surface area contributed by atoms with Crippen LogP contribution in [0.3, 0.4) is 0 Å². The number of rotatable bonds is 3. The van der Waals surface area contributed by atoms with Crippen molar-refractivity contribution >= 4 is 5.91 Å². The Bertz CT molecular complexity index is 840. The molecule has 1 aliphatic rings. The fourth-order valence-electron chi connectivity index (χ4n) is 3.51. The van der Waals surface area contributed by atoms with Crippen molar-refractivity contribution in [3.8, 4) is 0 Å². The fourth-order valence-corrected chi connectivity index (χ4v) is 3.51. The maximum absolute atomic E-state index is 13.1. The van der Waals surface area contributed by atoms with E-state index in [1.165, 1.54) is 12.1 Å². The van der Waals surface area contributed by atoms with E-state index in [4.69, 9.17) is 0 Å². The predicted molar refractivity (Wildman–Crippen MR) is 95.4 cm³/mol. The van der Waals surface area contributed by atoms with Gasteiger partial charge in [-0.05, 0) is 42.2 Å². The summed E-state index contributed by atoms with van der Waals surface area (Å²) < 4.78 is 14.6. The first-order valence-electron chi connectivity index (χ1n) is 8.63. The number of hydrogen-bond acceptors (Lipinski definition) is 2. The molecule has 0 spiro atoms. The van der Waals surface area contributed by atoms with E-state index < -0.39 is 0 Å². The number of likely N-dealkylation sites (tertiary alicyclic amines) is 1. The average Bonchev–Trinajstić information content (AvgIpc) is 3.07. The standard InChI is InChI=1S/C20H23FN2O2/c1-13(2)18-9-8-17(19(24)22(18)3)20(25)23-11-10-15(12-23)14-4-6-16(21)7-5-14/h4-9,13,15H,10-12H2,1-3H3. The van der Waals surface area contributed by atoms with Gasteiger partial charge in [0.05, 0.1) is 0 Å². The molecule has 0 bridgehead atoms. The van der Waals surface area contributed by atoms with Crippen LogP contribution in [0.15, 0.2) is 41.2 Å². The topological polar surface area (TPSA) is 42.3 Å². The van der Waals surface area contributed by atoms with Crippen LogP contribution in [0, 0.1) is 5.82 Å². The van der Waals surface area contributed by atoms with E-state index in [1.54, 1.807) is 34.7 Å². The number of nitrogens with zero attached hydrogens (tertiary/aromatic N) is 2. The van der Waals surface area contributed by atoms with Crippen LogP contribution >= 0.6 is 0 Å². The van der Waals surface area contributed by atoms with Gasteiger partial charge >= 0.3 is 0 Å². The zero-order valence-corrected chi connectivity index (χ0v) is 14.8.